The average molecular weight is 239 g/mol. The summed E-state index contributed by atoms with van der Waals surface area (Å²) in [6.45, 7) is 4.36. The lowest BCUT2D eigenvalue weighted by molar-refractivity contribution is 0.0322. The molecule has 1 rings (SSSR count). The third-order valence-corrected chi connectivity index (χ3v) is 2.45. The number of nitrogens with two attached hydrogens (primary N) is 1. The molecule has 0 bridgehead atoms. The van der Waals surface area contributed by atoms with E-state index in [4.69, 9.17) is 15.2 Å². The van der Waals surface area contributed by atoms with Gasteiger partial charge in [0.15, 0.2) is 0 Å². The van der Waals surface area contributed by atoms with Gasteiger partial charge in [0.05, 0.1) is 6.61 Å². The van der Waals surface area contributed by atoms with Crippen LogP contribution in [-0.2, 0) is 4.74 Å². The second-order valence-electron chi connectivity index (χ2n) is 4.25. The number of rotatable bonds is 6. The lowest BCUT2D eigenvalue weighted by Crippen LogP contribution is -2.23. The summed E-state index contributed by atoms with van der Waals surface area (Å²) in [5.74, 6) is 0.732. The van der Waals surface area contributed by atoms with E-state index >= 15 is 0 Å². The summed E-state index contributed by atoms with van der Waals surface area (Å²) in [5, 5.41) is 9.53. The summed E-state index contributed by atoms with van der Waals surface area (Å²) in [6, 6.07) is 5.79. The molecule has 0 saturated heterocycles. The first-order chi connectivity index (χ1) is 8.04. The van der Waals surface area contributed by atoms with Gasteiger partial charge in [-0.1, -0.05) is 12.1 Å². The van der Waals surface area contributed by atoms with Crippen molar-refractivity contribution in [2.45, 2.75) is 26.0 Å². The van der Waals surface area contributed by atoms with E-state index in [0.29, 0.717) is 0 Å². The van der Waals surface area contributed by atoms with Crippen LogP contribution in [0.4, 0.5) is 0 Å². The third kappa shape index (κ3) is 4.34. The molecule has 2 atom stereocenters. The lowest BCUT2D eigenvalue weighted by atomic mass is 10.1. The van der Waals surface area contributed by atoms with Gasteiger partial charge < -0.3 is 20.3 Å². The molecule has 1 aromatic rings. The van der Waals surface area contributed by atoms with Gasteiger partial charge in [-0.3, -0.25) is 0 Å². The number of aliphatic hydroxyl groups excluding tert-OH is 1. The van der Waals surface area contributed by atoms with E-state index in [-0.39, 0.29) is 19.3 Å². The Morgan fingerprint density at radius 2 is 2.06 bits per heavy atom. The maximum absolute atomic E-state index is 9.53. The van der Waals surface area contributed by atoms with Gasteiger partial charge in [-0.15, -0.1) is 0 Å². The standard InChI is InChI=1S/C13H21NO3/c1-9-4-5-12(10(2)14)13(6-9)17-8-11(15)7-16-3/h4-6,10-11,15H,7-8,14H2,1-3H3/t10-,11?/m0/s1. The molecule has 96 valence electrons. The molecule has 0 radical (unpaired) electrons. The Morgan fingerprint density at radius 3 is 2.65 bits per heavy atom. The zero-order valence-electron chi connectivity index (χ0n) is 10.6. The van der Waals surface area contributed by atoms with Crippen LogP contribution in [-0.4, -0.2) is 31.5 Å². The van der Waals surface area contributed by atoms with E-state index in [0.717, 1.165) is 16.9 Å². The Hall–Kier alpha value is -1.10. The summed E-state index contributed by atoms with van der Waals surface area (Å²) in [6.07, 6.45) is -0.624. The Bertz CT molecular complexity index is 353. The number of aryl methyl sites for hydroxylation is 1. The van der Waals surface area contributed by atoms with Crippen molar-refractivity contribution in [2.24, 2.45) is 5.73 Å². The molecule has 1 aromatic carbocycles. The molecular weight excluding hydrogens is 218 g/mol. The minimum atomic E-state index is -0.624. The topological polar surface area (TPSA) is 64.7 Å². The van der Waals surface area contributed by atoms with E-state index < -0.39 is 6.10 Å². The Morgan fingerprint density at radius 1 is 1.35 bits per heavy atom. The maximum atomic E-state index is 9.53. The van der Waals surface area contributed by atoms with Gasteiger partial charge in [0, 0.05) is 18.7 Å². The van der Waals surface area contributed by atoms with Crippen LogP contribution in [0.3, 0.4) is 0 Å². The van der Waals surface area contributed by atoms with Crippen LogP contribution in [0.15, 0.2) is 18.2 Å². The second kappa shape index (κ2) is 6.59. The van der Waals surface area contributed by atoms with Crippen LogP contribution in [0.2, 0.25) is 0 Å². The minimum absolute atomic E-state index is 0.0924. The van der Waals surface area contributed by atoms with Crippen molar-refractivity contribution in [3.05, 3.63) is 29.3 Å². The number of hydrogen-bond acceptors (Lipinski definition) is 4. The average Bonchev–Trinajstić information content (AvgIpc) is 2.26. The molecule has 0 aliphatic rings. The SMILES string of the molecule is COCC(O)COc1cc(C)ccc1[C@H](C)N. The highest BCUT2D eigenvalue weighted by Crippen LogP contribution is 2.25. The Labute approximate surface area is 102 Å². The van der Waals surface area contributed by atoms with Gasteiger partial charge in [0.2, 0.25) is 0 Å². The van der Waals surface area contributed by atoms with Crippen molar-refractivity contribution < 1.29 is 14.6 Å². The largest absolute Gasteiger partial charge is 0.490 e. The molecule has 0 spiro atoms. The first-order valence-corrected chi connectivity index (χ1v) is 5.70. The molecule has 0 amide bonds. The fourth-order valence-electron chi connectivity index (χ4n) is 1.57. The van der Waals surface area contributed by atoms with E-state index in [2.05, 4.69) is 0 Å². The van der Waals surface area contributed by atoms with Crippen molar-refractivity contribution in [3.8, 4) is 5.75 Å². The Balaban J connectivity index is 2.71. The van der Waals surface area contributed by atoms with E-state index in [1.54, 1.807) is 7.11 Å². The van der Waals surface area contributed by atoms with Crippen molar-refractivity contribution in [1.82, 2.24) is 0 Å². The molecule has 0 heterocycles. The molecule has 4 nitrogen and oxygen atoms in total. The van der Waals surface area contributed by atoms with Crippen LogP contribution >= 0.6 is 0 Å². The molecule has 0 fully saturated rings. The molecule has 1 unspecified atom stereocenters. The van der Waals surface area contributed by atoms with Crippen molar-refractivity contribution in [2.75, 3.05) is 20.3 Å². The smallest absolute Gasteiger partial charge is 0.124 e. The summed E-state index contributed by atoms with van der Waals surface area (Å²) >= 11 is 0. The second-order valence-corrected chi connectivity index (χ2v) is 4.25. The summed E-state index contributed by atoms with van der Waals surface area (Å²) in [4.78, 5) is 0. The summed E-state index contributed by atoms with van der Waals surface area (Å²) in [5.41, 5.74) is 7.91. The molecule has 0 aliphatic carbocycles. The first kappa shape index (κ1) is 14.0. The number of ether oxygens (including phenoxy) is 2. The minimum Gasteiger partial charge on any atom is -0.490 e. The van der Waals surface area contributed by atoms with Gasteiger partial charge >= 0.3 is 0 Å². The summed E-state index contributed by atoms with van der Waals surface area (Å²) in [7, 11) is 1.54. The molecule has 3 N–H and O–H groups in total. The normalized spacial score (nSPS) is 14.4. The zero-order valence-corrected chi connectivity index (χ0v) is 10.6. The fraction of sp³-hybridized carbons (Fsp3) is 0.538. The Kier molecular flexibility index (Phi) is 5.41. The van der Waals surface area contributed by atoms with Crippen molar-refractivity contribution in [1.29, 1.82) is 0 Å². The molecular formula is C13H21NO3. The number of hydrogen-bond donors (Lipinski definition) is 2. The fourth-order valence-corrected chi connectivity index (χ4v) is 1.57. The summed E-state index contributed by atoms with van der Waals surface area (Å²) < 4.78 is 10.4. The number of aliphatic hydroxyl groups is 1. The van der Waals surface area contributed by atoms with Crippen molar-refractivity contribution >= 4 is 0 Å². The van der Waals surface area contributed by atoms with E-state index in [1.807, 2.05) is 32.0 Å². The highest BCUT2D eigenvalue weighted by atomic mass is 16.5. The number of methoxy groups -OCH3 is 1. The monoisotopic (exact) mass is 239 g/mol. The van der Waals surface area contributed by atoms with Crippen LogP contribution in [0.1, 0.15) is 24.1 Å². The zero-order chi connectivity index (χ0) is 12.8. The van der Waals surface area contributed by atoms with Crippen LogP contribution in [0.5, 0.6) is 5.75 Å². The predicted molar refractivity (Wildman–Crippen MR) is 67.2 cm³/mol. The third-order valence-electron chi connectivity index (χ3n) is 2.45. The van der Waals surface area contributed by atoms with Gasteiger partial charge in [0.25, 0.3) is 0 Å². The quantitative estimate of drug-likeness (QED) is 0.787. The first-order valence-electron chi connectivity index (χ1n) is 5.70. The van der Waals surface area contributed by atoms with Gasteiger partial charge in [-0.2, -0.15) is 0 Å². The molecule has 0 saturated carbocycles. The van der Waals surface area contributed by atoms with Crippen LogP contribution in [0.25, 0.3) is 0 Å². The van der Waals surface area contributed by atoms with Crippen LogP contribution in [0, 0.1) is 6.92 Å². The van der Waals surface area contributed by atoms with Gasteiger partial charge in [-0.25, -0.2) is 0 Å². The highest BCUT2D eigenvalue weighted by Gasteiger charge is 2.10. The molecule has 4 heteroatoms. The van der Waals surface area contributed by atoms with Crippen molar-refractivity contribution in [3.63, 3.8) is 0 Å². The molecule has 0 aromatic heterocycles. The lowest BCUT2D eigenvalue weighted by Gasteiger charge is -2.16. The highest BCUT2D eigenvalue weighted by molar-refractivity contribution is 5.38. The van der Waals surface area contributed by atoms with E-state index in [1.165, 1.54) is 0 Å². The van der Waals surface area contributed by atoms with Gasteiger partial charge in [0.1, 0.15) is 18.5 Å². The molecule has 0 aliphatic heterocycles. The van der Waals surface area contributed by atoms with E-state index in [9.17, 15) is 5.11 Å². The molecule has 17 heavy (non-hydrogen) atoms. The van der Waals surface area contributed by atoms with Crippen LogP contribution < -0.4 is 10.5 Å². The van der Waals surface area contributed by atoms with Gasteiger partial charge in [-0.05, 0) is 25.5 Å². The maximum Gasteiger partial charge on any atom is 0.124 e. The number of benzene rings is 1. The predicted octanol–water partition coefficient (Wildman–Crippen LogP) is 1.40.